The van der Waals surface area contributed by atoms with Gasteiger partial charge in [-0.1, -0.05) is 52.0 Å². The lowest BCUT2D eigenvalue weighted by molar-refractivity contribution is -0.304. The van der Waals surface area contributed by atoms with Gasteiger partial charge >= 0.3 is 5.97 Å². The fourth-order valence-electron chi connectivity index (χ4n) is 7.05. The first-order valence-electron chi connectivity index (χ1n) is 17.7. The Morgan fingerprint density at radius 1 is 0.857 bits per heavy atom. The highest BCUT2D eigenvalue weighted by Crippen LogP contribution is 2.32. The molecule has 15 atom stereocenters. The Hall–Kier alpha value is -2.00. The van der Waals surface area contributed by atoms with E-state index in [-0.39, 0.29) is 42.3 Å². The van der Waals surface area contributed by atoms with E-state index in [2.05, 4.69) is 0 Å². The van der Waals surface area contributed by atoms with Crippen LogP contribution in [0.3, 0.4) is 0 Å². The lowest BCUT2D eigenvalue weighted by atomic mass is 9.84. The number of methoxy groups -OCH3 is 2. The topological polar surface area (TPSA) is 142 Å². The molecule has 3 aliphatic rings. The van der Waals surface area contributed by atoms with Gasteiger partial charge in [-0.3, -0.25) is 4.79 Å². The maximum Gasteiger partial charge on any atom is 0.330 e. The first kappa shape index (κ1) is 41.4. The third-order valence-electron chi connectivity index (χ3n) is 10.0. The molecule has 3 heterocycles. The van der Waals surface area contributed by atoms with Crippen LogP contribution < -0.4 is 0 Å². The largest absolute Gasteiger partial charge is 0.459 e. The molecule has 0 aliphatic carbocycles. The fourth-order valence-corrected chi connectivity index (χ4v) is 7.05. The van der Waals surface area contributed by atoms with Gasteiger partial charge in [-0.25, -0.2) is 4.79 Å². The number of aliphatic hydroxyl groups excluding tert-OH is 2. The molecule has 49 heavy (non-hydrogen) atoms. The molecule has 12 heteroatoms. The minimum atomic E-state index is -0.896. The van der Waals surface area contributed by atoms with Crippen molar-refractivity contribution in [2.45, 2.75) is 128 Å². The van der Waals surface area contributed by atoms with Gasteiger partial charge in [0.05, 0.1) is 24.9 Å². The summed E-state index contributed by atoms with van der Waals surface area (Å²) in [5.74, 6) is -1.62. The number of ketones is 1. The van der Waals surface area contributed by atoms with Crippen molar-refractivity contribution in [3.8, 4) is 0 Å². The van der Waals surface area contributed by atoms with Gasteiger partial charge in [-0.15, -0.1) is 0 Å². The zero-order chi connectivity index (χ0) is 36.4. The average molecular weight is 696 g/mol. The number of aliphatic hydroxyl groups is 2. The fraction of sp³-hybridized carbons (Fsp3) is 0.784. The van der Waals surface area contributed by atoms with Crippen molar-refractivity contribution in [1.82, 2.24) is 4.90 Å². The number of cyclic esters (lactones) is 1. The third-order valence-corrected chi connectivity index (χ3v) is 10.0. The van der Waals surface area contributed by atoms with Gasteiger partial charge in [0.25, 0.3) is 0 Å². The van der Waals surface area contributed by atoms with E-state index in [1.165, 1.54) is 20.3 Å². The van der Waals surface area contributed by atoms with Crippen molar-refractivity contribution in [2.75, 3.05) is 34.9 Å². The number of hydrogen-bond donors (Lipinski definition) is 2. The predicted octanol–water partition coefficient (Wildman–Crippen LogP) is 3.44. The summed E-state index contributed by atoms with van der Waals surface area (Å²) in [5.41, 5.74) is 0. The summed E-state index contributed by atoms with van der Waals surface area (Å²) in [4.78, 5) is 28.4. The van der Waals surface area contributed by atoms with Crippen LogP contribution in [0, 0.1) is 23.7 Å². The zero-order valence-corrected chi connectivity index (χ0v) is 31.0. The lowest BCUT2D eigenvalue weighted by Gasteiger charge is -2.43. The van der Waals surface area contributed by atoms with E-state index in [1.807, 2.05) is 59.7 Å². The monoisotopic (exact) mass is 695 g/mol. The standard InChI is InChI=1S/C37H61NO11/c1-11-29-26(20-45-37-35(44-10)34(43-9)31(41)25(6)47-37)14-12-13-15-28(39)22(3)18-23(4)33(21(2)16-17-30(40)48-29)49-36-32(42)27(38(7)8)19-24(5)46-36/h12-17,21-27,29,31-37,41-42H,11,18-20H2,1-10H3/b14-12+,15-13+,17-16+/t21-,22+,23+,24+,25+,26+,27-,29-,31+,32+,33-,34+,35+,36-,37+/m0/s1. The van der Waals surface area contributed by atoms with Crippen LogP contribution in [0.5, 0.6) is 0 Å². The van der Waals surface area contributed by atoms with Gasteiger partial charge < -0.3 is 48.3 Å². The maximum atomic E-state index is 13.3. The van der Waals surface area contributed by atoms with Gasteiger partial charge in [0, 0.05) is 44.1 Å². The van der Waals surface area contributed by atoms with Gasteiger partial charge in [0.2, 0.25) is 0 Å². The summed E-state index contributed by atoms with van der Waals surface area (Å²) in [7, 11) is 6.85. The number of hydrogen-bond acceptors (Lipinski definition) is 12. The SMILES string of the molecule is CC[C@@H]1OC(=O)/C=C/[C@H](C)[C@H](O[C@@H]2O[C@H](C)C[C@H](N(C)C)[C@H]2O)[C@H](C)C[C@@H](C)C(=O)/C=C/C=C/[C@@H]1CO[C@@H]1O[C@H](C)[C@@H](O)[C@@H](OC)[C@H]1OC. The van der Waals surface area contributed by atoms with E-state index in [1.54, 1.807) is 31.2 Å². The molecule has 280 valence electrons. The van der Waals surface area contributed by atoms with Crippen molar-refractivity contribution < 1.29 is 53.0 Å². The number of rotatable bonds is 9. The molecule has 0 saturated carbocycles. The first-order chi connectivity index (χ1) is 23.2. The highest BCUT2D eigenvalue weighted by atomic mass is 16.7. The predicted molar refractivity (Wildman–Crippen MR) is 183 cm³/mol. The summed E-state index contributed by atoms with van der Waals surface area (Å²) in [6.45, 7) is 11.6. The molecule has 0 amide bonds. The highest BCUT2D eigenvalue weighted by molar-refractivity contribution is 5.91. The molecule has 2 N–H and O–H groups in total. The molecular weight excluding hydrogens is 634 g/mol. The molecule has 0 radical (unpaired) electrons. The van der Waals surface area contributed by atoms with Crippen molar-refractivity contribution in [3.63, 3.8) is 0 Å². The van der Waals surface area contributed by atoms with E-state index in [9.17, 15) is 19.8 Å². The Kier molecular flexibility index (Phi) is 16.5. The van der Waals surface area contributed by atoms with Gasteiger partial charge in [-0.05, 0) is 59.2 Å². The zero-order valence-electron chi connectivity index (χ0n) is 31.0. The Morgan fingerprint density at radius 2 is 1.55 bits per heavy atom. The van der Waals surface area contributed by atoms with Crippen LogP contribution in [0.2, 0.25) is 0 Å². The number of carbonyl (C=O) groups excluding carboxylic acids is 2. The Balaban J connectivity index is 1.85. The molecule has 0 aromatic rings. The van der Waals surface area contributed by atoms with Crippen molar-refractivity contribution in [2.24, 2.45) is 23.7 Å². The normalized spacial score (nSPS) is 43.6. The van der Waals surface area contributed by atoms with Crippen LogP contribution in [0.4, 0.5) is 0 Å². The van der Waals surface area contributed by atoms with Crippen LogP contribution >= 0.6 is 0 Å². The van der Waals surface area contributed by atoms with Gasteiger partial charge in [0.1, 0.15) is 30.5 Å². The quantitative estimate of drug-likeness (QED) is 0.342. The van der Waals surface area contributed by atoms with Crippen LogP contribution in [-0.2, 0) is 42.7 Å². The first-order valence-corrected chi connectivity index (χ1v) is 17.7. The molecule has 0 unspecified atom stereocenters. The van der Waals surface area contributed by atoms with E-state index < -0.39 is 67.2 Å². The van der Waals surface area contributed by atoms with E-state index in [0.29, 0.717) is 19.3 Å². The summed E-state index contributed by atoms with van der Waals surface area (Å²) in [6, 6.07) is -0.140. The van der Waals surface area contributed by atoms with Crippen molar-refractivity contribution in [3.05, 3.63) is 36.5 Å². The molecule has 0 bridgehead atoms. The minimum absolute atomic E-state index is 0.0243. The summed E-state index contributed by atoms with van der Waals surface area (Å²) >= 11 is 0. The van der Waals surface area contributed by atoms with E-state index >= 15 is 0 Å². The second-order valence-corrected chi connectivity index (χ2v) is 14.1. The summed E-state index contributed by atoms with van der Waals surface area (Å²) < 4.78 is 41.8. The molecule has 12 nitrogen and oxygen atoms in total. The van der Waals surface area contributed by atoms with E-state index in [0.717, 1.165) is 0 Å². The molecule has 0 aromatic carbocycles. The molecule has 2 saturated heterocycles. The molecule has 0 spiro atoms. The molecule has 2 fully saturated rings. The Labute approximate surface area is 292 Å². The summed E-state index contributed by atoms with van der Waals surface area (Å²) in [6.07, 6.45) is 5.21. The number of esters is 1. The number of likely N-dealkylation sites (N-methyl/N-ethyl adjacent to an activating group) is 1. The Morgan fingerprint density at radius 3 is 2.18 bits per heavy atom. The second kappa shape index (κ2) is 19.6. The molecule has 3 aliphatic heterocycles. The van der Waals surface area contributed by atoms with Crippen LogP contribution in [0.25, 0.3) is 0 Å². The van der Waals surface area contributed by atoms with Crippen molar-refractivity contribution >= 4 is 11.8 Å². The number of nitrogens with zero attached hydrogens (tertiary/aromatic N) is 1. The molecular formula is C37H61NO11. The number of allylic oxidation sites excluding steroid dienone is 3. The Bertz CT molecular complexity index is 1130. The average Bonchev–Trinajstić information content (AvgIpc) is 3.06. The van der Waals surface area contributed by atoms with Gasteiger partial charge in [-0.2, -0.15) is 0 Å². The smallest absolute Gasteiger partial charge is 0.330 e. The molecule has 3 rings (SSSR count). The van der Waals surface area contributed by atoms with E-state index in [4.69, 9.17) is 33.2 Å². The minimum Gasteiger partial charge on any atom is -0.459 e. The van der Waals surface area contributed by atoms with Crippen LogP contribution in [-0.4, -0.2) is 129 Å². The second-order valence-electron chi connectivity index (χ2n) is 14.1. The maximum absolute atomic E-state index is 13.3. The molecule has 0 aromatic heterocycles. The highest BCUT2D eigenvalue weighted by Gasteiger charge is 2.45. The number of carbonyl (C=O) groups is 2. The van der Waals surface area contributed by atoms with Gasteiger partial charge in [0.15, 0.2) is 18.4 Å². The summed E-state index contributed by atoms with van der Waals surface area (Å²) in [5, 5.41) is 21.7. The van der Waals surface area contributed by atoms with Crippen molar-refractivity contribution in [1.29, 1.82) is 0 Å². The number of ether oxygens (including phenoxy) is 7. The van der Waals surface area contributed by atoms with Crippen LogP contribution in [0.1, 0.15) is 60.8 Å². The van der Waals surface area contributed by atoms with Crippen LogP contribution in [0.15, 0.2) is 36.5 Å². The lowest BCUT2D eigenvalue weighted by Crippen LogP contribution is -2.59. The third kappa shape index (κ3) is 11.2.